The Labute approximate surface area is 106 Å². The van der Waals surface area contributed by atoms with Crippen molar-refractivity contribution in [3.63, 3.8) is 0 Å². The molecule has 0 radical (unpaired) electrons. The van der Waals surface area contributed by atoms with E-state index in [9.17, 15) is 9.59 Å². The normalized spacial score (nSPS) is 16.0. The van der Waals surface area contributed by atoms with Crippen LogP contribution in [0.5, 0.6) is 0 Å². The van der Waals surface area contributed by atoms with Crippen LogP contribution in [0.3, 0.4) is 0 Å². The molecule has 1 heterocycles. The molecule has 2 rings (SSSR count). The third-order valence-corrected chi connectivity index (χ3v) is 3.27. The van der Waals surface area contributed by atoms with E-state index >= 15 is 0 Å². The third kappa shape index (κ3) is 2.30. The highest BCUT2D eigenvalue weighted by atomic mass is 16.2. The maximum Gasteiger partial charge on any atom is 0.254 e. The molecule has 0 bridgehead atoms. The van der Waals surface area contributed by atoms with E-state index in [2.05, 4.69) is 0 Å². The van der Waals surface area contributed by atoms with Crippen molar-refractivity contribution >= 4 is 17.5 Å². The fraction of sp³-hybridized carbons (Fsp3) is 0.385. The molecule has 1 aromatic rings. The van der Waals surface area contributed by atoms with E-state index in [1.165, 1.54) is 0 Å². The fourth-order valence-corrected chi connectivity index (χ4v) is 1.89. The molecule has 1 fully saturated rings. The zero-order chi connectivity index (χ0) is 13.3. The minimum Gasteiger partial charge on any atom is -0.398 e. The fourth-order valence-electron chi connectivity index (χ4n) is 1.89. The summed E-state index contributed by atoms with van der Waals surface area (Å²) in [7, 11) is 1.74. The summed E-state index contributed by atoms with van der Waals surface area (Å²) in [4.78, 5) is 27.0. The molecular formula is C13H17N3O2. The Morgan fingerprint density at radius 3 is 2.67 bits per heavy atom. The van der Waals surface area contributed by atoms with Gasteiger partial charge in [0.2, 0.25) is 5.91 Å². The van der Waals surface area contributed by atoms with Gasteiger partial charge in [0.25, 0.3) is 5.91 Å². The molecule has 2 amide bonds. The van der Waals surface area contributed by atoms with Gasteiger partial charge in [-0.1, -0.05) is 6.07 Å². The van der Waals surface area contributed by atoms with E-state index in [1.54, 1.807) is 29.0 Å². The lowest BCUT2D eigenvalue weighted by Gasteiger charge is -2.32. The molecule has 0 aliphatic carbocycles. The molecule has 1 aliphatic rings. The number of likely N-dealkylation sites (N-methyl/N-ethyl adjacent to an activating group) is 1. The van der Waals surface area contributed by atoms with Gasteiger partial charge in [-0.25, -0.2) is 0 Å². The van der Waals surface area contributed by atoms with E-state index in [0.29, 0.717) is 24.3 Å². The molecule has 0 saturated carbocycles. The molecule has 1 saturated heterocycles. The number of anilines is 1. The second-order valence-electron chi connectivity index (χ2n) is 4.61. The van der Waals surface area contributed by atoms with Gasteiger partial charge in [-0.2, -0.15) is 0 Å². The zero-order valence-corrected chi connectivity index (χ0v) is 10.6. The summed E-state index contributed by atoms with van der Waals surface area (Å²) in [6, 6.07) is 5.23. The zero-order valence-electron chi connectivity index (χ0n) is 10.6. The maximum atomic E-state index is 12.2. The third-order valence-electron chi connectivity index (χ3n) is 3.27. The number of hydrogen-bond donors (Lipinski definition) is 1. The number of nitrogens with two attached hydrogens (primary N) is 1. The van der Waals surface area contributed by atoms with Crippen LogP contribution in [-0.4, -0.2) is 48.3 Å². The molecule has 0 spiro atoms. The van der Waals surface area contributed by atoms with Gasteiger partial charge in [0.05, 0.1) is 0 Å². The number of piperazine rings is 1. The topological polar surface area (TPSA) is 66.6 Å². The second-order valence-corrected chi connectivity index (χ2v) is 4.61. The summed E-state index contributed by atoms with van der Waals surface area (Å²) in [6.07, 6.45) is 0. The summed E-state index contributed by atoms with van der Waals surface area (Å²) in [5.74, 6) is -0.169. The lowest BCUT2D eigenvalue weighted by Crippen LogP contribution is -2.50. The largest absolute Gasteiger partial charge is 0.398 e. The summed E-state index contributed by atoms with van der Waals surface area (Å²) >= 11 is 0. The van der Waals surface area contributed by atoms with Crippen molar-refractivity contribution in [2.24, 2.45) is 0 Å². The molecule has 1 aliphatic heterocycles. The number of amides is 2. The molecule has 0 atom stereocenters. The Morgan fingerprint density at radius 1 is 1.33 bits per heavy atom. The molecule has 0 aromatic heterocycles. The first-order chi connectivity index (χ1) is 8.49. The number of nitrogens with zero attached hydrogens (tertiary/aromatic N) is 2. The first-order valence-electron chi connectivity index (χ1n) is 5.88. The molecule has 5 nitrogen and oxygen atoms in total. The predicted molar refractivity (Wildman–Crippen MR) is 69.1 cm³/mol. The number of benzene rings is 1. The second kappa shape index (κ2) is 4.68. The van der Waals surface area contributed by atoms with E-state index in [0.717, 1.165) is 5.56 Å². The summed E-state index contributed by atoms with van der Waals surface area (Å²) in [5.41, 5.74) is 7.87. The number of carbonyl (C=O) groups is 2. The number of carbonyl (C=O) groups excluding carboxylic acids is 2. The van der Waals surface area contributed by atoms with Crippen LogP contribution in [0, 0.1) is 6.92 Å². The molecule has 18 heavy (non-hydrogen) atoms. The SMILES string of the molecule is Cc1ccc(C(=O)N2CCN(C)C(=O)C2)cc1N. The number of aryl methyl sites for hydroxylation is 1. The Bertz CT molecular complexity index is 499. The molecule has 2 N–H and O–H groups in total. The number of rotatable bonds is 1. The van der Waals surface area contributed by atoms with Crippen LogP contribution in [0.25, 0.3) is 0 Å². The van der Waals surface area contributed by atoms with Crippen molar-refractivity contribution in [3.8, 4) is 0 Å². The average molecular weight is 247 g/mol. The lowest BCUT2D eigenvalue weighted by molar-refractivity contribution is -0.133. The highest BCUT2D eigenvalue weighted by Gasteiger charge is 2.25. The number of nitrogen functional groups attached to an aromatic ring is 1. The highest BCUT2D eigenvalue weighted by molar-refractivity contribution is 5.97. The summed E-state index contributed by atoms with van der Waals surface area (Å²) < 4.78 is 0. The van der Waals surface area contributed by atoms with E-state index in [-0.39, 0.29) is 18.4 Å². The van der Waals surface area contributed by atoms with Gasteiger partial charge in [0, 0.05) is 31.4 Å². The smallest absolute Gasteiger partial charge is 0.254 e. The predicted octanol–water partition coefficient (Wildman–Crippen LogP) is 0.491. The van der Waals surface area contributed by atoms with Crippen LogP contribution < -0.4 is 5.73 Å². The van der Waals surface area contributed by atoms with Crippen molar-refractivity contribution in [2.45, 2.75) is 6.92 Å². The monoisotopic (exact) mass is 247 g/mol. The molecule has 0 unspecified atom stereocenters. The Morgan fingerprint density at radius 2 is 2.06 bits per heavy atom. The number of hydrogen-bond acceptors (Lipinski definition) is 3. The van der Waals surface area contributed by atoms with Gasteiger partial charge in [0.1, 0.15) is 6.54 Å². The van der Waals surface area contributed by atoms with Crippen molar-refractivity contribution in [1.82, 2.24) is 9.80 Å². The Kier molecular flexibility index (Phi) is 3.23. The maximum absolute atomic E-state index is 12.2. The van der Waals surface area contributed by atoms with Gasteiger partial charge < -0.3 is 15.5 Å². The average Bonchev–Trinajstić information content (AvgIpc) is 2.35. The van der Waals surface area contributed by atoms with Gasteiger partial charge in [-0.15, -0.1) is 0 Å². The lowest BCUT2D eigenvalue weighted by atomic mass is 10.1. The molecular weight excluding hydrogens is 230 g/mol. The van der Waals surface area contributed by atoms with Crippen LogP contribution in [0.4, 0.5) is 5.69 Å². The minimum atomic E-state index is -0.136. The van der Waals surface area contributed by atoms with Gasteiger partial charge in [0.15, 0.2) is 0 Å². The first kappa shape index (κ1) is 12.4. The van der Waals surface area contributed by atoms with Gasteiger partial charge in [-0.05, 0) is 24.6 Å². The van der Waals surface area contributed by atoms with Gasteiger partial charge >= 0.3 is 0 Å². The molecule has 1 aromatic carbocycles. The van der Waals surface area contributed by atoms with E-state index < -0.39 is 0 Å². The molecule has 5 heteroatoms. The van der Waals surface area contributed by atoms with Crippen LogP contribution >= 0.6 is 0 Å². The van der Waals surface area contributed by atoms with Crippen molar-refractivity contribution < 1.29 is 9.59 Å². The Balaban J connectivity index is 2.16. The van der Waals surface area contributed by atoms with Gasteiger partial charge in [-0.3, -0.25) is 9.59 Å². The van der Waals surface area contributed by atoms with Crippen molar-refractivity contribution in [2.75, 3.05) is 32.4 Å². The standard InChI is InChI=1S/C13H17N3O2/c1-9-3-4-10(7-11(9)14)13(18)16-6-5-15(2)12(17)8-16/h3-4,7H,5-6,8,14H2,1-2H3. The summed E-state index contributed by atoms with van der Waals surface area (Å²) in [6.45, 7) is 3.17. The van der Waals surface area contributed by atoms with Crippen LogP contribution in [0.1, 0.15) is 15.9 Å². The Hall–Kier alpha value is -2.04. The quantitative estimate of drug-likeness (QED) is 0.734. The first-order valence-corrected chi connectivity index (χ1v) is 5.88. The van der Waals surface area contributed by atoms with Crippen LogP contribution in [-0.2, 0) is 4.79 Å². The van der Waals surface area contributed by atoms with Crippen LogP contribution in [0.15, 0.2) is 18.2 Å². The van der Waals surface area contributed by atoms with Crippen molar-refractivity contribution in [1.29, 1.82) is 0 Å². The van der Waals surface area contributed by atoms with Crippen molar-refractivity contribution in [3.05, 3.63) is 29.3 Å². The minimum absolute atomic E-state index is 0.0327. The van der Waals surface area contributed by atoms with Crippen LogP contribution in [0.2, 0.25) is 0 Å². The van der Waals surface area contributed by atoms with E-state index in [4.69, 9.17) is 5.73 Å². The van der Waals surface area contributed by atoms with E-state index in [1.807, 2.05) is 13.0 Å². The summed E-state index contributed by atoms with van der Waals surface area (Å²) in [5, 5.41) is 0. The molecule has 96 valence electrons. The highest BCUT2D eigenvalue weighted by Crippen LogP contribution is 2.15.